The van der Waals surface area contributed by atoms with Gasteiger partial charge in [0.25, 0.3) is 5.91 Å². The molecular formula is C16H13F3N2O2. The zero-order valence-corrected chi connectivity index (χ0v) is 12.1. The molecule has 1 atom stereocenters. The highest BCUT2D eigenvalue weighted by atomic mass is 19.2. The molecular weight excluding hydrogens is 309 g/mol. The largest absolute Gasteiger partial charge is 0.357 e. The SMILES string of the molecule is CNC(=O)C(NC(=O)c1ccccc1F)c1ccc(F)c(F)c1. The van der Waals surface area contributed by atoms with Gasteiger partial charge < -0.3 is 10.6 Å². The number of hydrogen-bond acceptors (Lipinski definition) is 2. The summed E-state index contributed by atoms with van der Waals surface area (Å²) in [6, 6.07) is 6.75. The predicted molar refractivity (Wildman–Crippen MR) is 77.0 cm³/mol. The van der Waals surface area contributed by atoms with Crippen molar-refractivity contribution in [3.05, 3.63) is 71.0 Å². The molecule has 1 unspecified atom stereocenters. The van der Waals surface area contributed by atoms with Crippen molar-refractivity contribution in [2.75, 3.05) is 7.05 Å². The van der Waals surface area contributed by atoms with Crippen LogP contribution in [-0.2, 0) is 4.79 Å². The molecule has 0 radical (unpaired) electrons. The van der Waals surface area contributed by atoms with Crippen LogP contribution in [0.1, 0.15) is 22.0 Å². The van der Waals surface area contributed by atoms with Crippen LogP contribution in [0.15, 0.2) is 42.5 Å². The van der Waals surface area contributed by atoms with Crippen molar-refractivity contribution in [3.63, 3.8) is 0 Å². The van der Waals surface area contributed by atoms with E-state index in [-0.39, 0.29) is 11.1 Å². The second kappa shape index (κ2) is 6.95. The summed E-state index contributed by atoms with van der Waals surface area (Å²) in [7, 11) is 1.32. The minimum Gasteiger partial charge on any atom is -0.357 e. The molecule has 0 spiro atoms. The van der Waals surface area contributed by atoms with Crippen molar-refractivity contribution in [2.24, 2.45) is 0 Å². The van der Waals surface area contributed by atoms with Gasteiger partial charge in [0.1, 0.15) is 11.9 Å². The van der Waals surface area contributed by atoms with Gasteiger partial charge >= 0.3 is 0 Å². The standard InChI is InChI=1S/C16H13F3N2O2/c1-20-16(23)14(9-6-7-12(18)13(19)8-9)21-15(22)10-4-2-3-5-11(10)17/h2-8,14H,1H3,(H,20,23)(H,21,22). The third-order valence-electron chi connectivity index (χ3n) is 3.18. The molecule has 23 heavy (non-hydrogen) atoms. The van der Waals surface area contributed by atoms with Crippen molar-refractivity contribution in [2.45, 2.75) is 6.04 Å². The Balaban J connectivity index is 2.33. The fourth-order valence-corrected chi connectivity index (χ4v) is 1.99. The Bertz CT molecular complexity index is 750. The molecule has 2 N–H and O–H groups in total. The highest BCUT2D eigenvalue weighted by Crippen LogP contribution is 2.18. The number of benzene rings is 2. The summed E-state index contributed by atoms with van der Waals surface area (Å²) in [4.78, 5) is 24.0. The van der Waals surface area contributed by atoms with E-state index >= 15 is 0 Å². The highest BCUT2D eigenvalue weighted by molar-refractivity contribution is 5.98. The summed E-state index contributed by atoms with van der Waals surface area (Å²) >= 11 is 0. The fourth-order valence-electron chi connectivity index (χ4n) is 1.99. The fraction of sp³-hybridized carbons (Fsp3) is 0.125. The minimum absolute atomic E-state index is 0.0351. The van der Waals surface area contributed by atoms with Crippen molar-refractivity contribution in [1.29, 1.82) is 0 Å². The number of carbonyl (C=O) groups is 2. The summed E-state index contributed by atoms with van der Waals surface area (Å²) in [6.45, 7) is 0. The molecule has 0 aliphatic heterocycles. The lowest BCUT2D eigenvalue weighted by Crippen LogP contribution is -2.39. The van der Waals surface area contributed by atoms with Crippen molar-refractivity contribution in [3.8, 4) is 0 Å². The van der Waals surface area contributed by atoms with E-state index in [0.29, 0.717) is 0 Å². The van der Waals surface area contributed by atoms with Crippen LogP contribution in [0.3, 0.4) is 0 Å². The number of likely N-dealkylation sites (N-methyl/N-ethyl adjacent to an activating group) is 1. The Morgan fingerprint density at radius 3 is 2.26 bits per heavy atom. The quantitative estimate of drug-likeness (QED) is 0.908. The lowest BCUT2D eigenvalue weighted by Gasteiger charge is -2.18. The maximum atomic E-state index is 13.6. The molecule has 0 bridgehead atoms. The summed E-state index contributed by atoms with van der Waals surface area (Å²) in [5, 5.41) is 4.61. The van der Waals surface area contributed by atoms with E-state index in [2.05, 4.69) is 10.6 Å². The third-order valence-corrected chi connectivity index (χ3v) is 3.18. The number of rotatable bonds is 4. The van der Waals surface area contributed by atoms with E-state index in [1.165, 1.54) is 31.3 Å². The van der Waals surface area contributed by atoms with Gasteiger partial charge in [0, 0.05) is 7.05 Å². The Morgan fingerprint density at radius 2 is 1.65 bits per heavy atom. The topological polar surface area (TPSA) is 58.2 Å². The number of carbonyl (C=O) groups excluding carboxylic acids is 2. The third kappa shape index (κ3) is 3.68. The van der Waals surface area contributed by atoms with Gasteiger partial charge in [0.2, 0.25) is 5.91 Å². The molecule has 0 heterocycles. The number of amides is 2. The van der Waals surface area contributed by atoms with Crippen molar-refractivity contribution < 1.29 is 22.8 Å². The van der Waals surface area contributed by atoms with Gasteiger partial charge in [-0.05, 0) is 29.8 Å². The Kier molecular flexibility index (Phi) is 5.00. The monoisotopic (exact) mass is 322 g/mol. The normalized spacial score (nSPS) is 11.7. The van der Waals surface area contributed by atoms with Crippen LogP contribution in [0.25, 0.3) is 0 Å². The molecule has 2 amide bonds. The van der Waals surface area contributed by atoms with Gasteiger partial charge in [-0.1, -0.05) is 18.2 Å². The minimum atomic E-state index is -1.29. The van der Waals surface area contributed by atoms with Crippen molar-refractivity contribution in [1.82, 2.24) is 10.6 Å². The van der Waals surface area contributed by atoms with E-state index in [4.69, 9.17) is 0 Å². The van der Waals surface area contributed by atoms with E-state index < -0.39 is 35.3 Å². The van der Waals surface area contributed by atoms with E-state index in [1.54, 1.807) is 0 Å². The predicted octanol–water partition coefficient (Wildman–Crippen LogP) is 2.32. The van der Waals surface area contributed by atoms with E-state index in [9.17, 15) is 22.8 Å². The lowest BCUT2D eigenvalue weighted by molar-refractivity contribution is -0.122. The first-order chi connectivity index (χ1) is 10.9. The number of halogens is 3. The second-order valence-corrected chi connectivity index (χ2v) is 4.67. The molecule has 2 rings (SSSR count). The van der Waals surface area contributed by atoms with Crippen LogP contribution in [-0.4, -0.2) is 18.9 Å². The van der Waals surface area contributed by atoms with Crippen LogP contribution < -0.4 is 10.6 Å². The van der Waals surface area contributed by atoms with Crippen molar-refractivity contribution >= 4 is 11.8 Å². The molecule has 2 aromatic rings. The smallest absolute Gasteiger partial charge is 0.255 e. The average Bonchev–Trinajstić information content (AvgIpc) is 2.54. The second-order valence-electron chi connectivity index (χ2n) is 4.67. The summed E-state index contributed by atoms with van der Waals surface area (Å²) < 4.78 is 40.0. The van der Waals surface area contributed by atoms with Gasteiger partial charge in [0.15, 0.2) is 11.6 Å². The van der Waals surface area contributed by atoms with Gasteiger partial charge in [-0.3, -0.25) is 9.59 Å². The summed E-state index contributed by atoms with van der Waals surface area (Å²) in [5.74, 6) is -4.49. The zero-order valence-electron chi connectivity index (χ0n) is 12.1. The number of hydrogen-bond donors (Lipinski definition) is 2. The molecule has 4 nitrogen and oxygen atoms in total. The molecule has 0 fully saturated rings. The maximum absolute atomic E-state index is 13.6. The molecule has 0 aliphatic rings. The van der Waals surface area contributed by atoms with Crippen LogP contribution in [0.4, 0.5) is 13.2 Å². The maximum Gasteiger partial charge on any atom is 0.255 e. The molecule has 0 aromatic heterocycles. The van der Waals surface area contributed by atoms with E-state index in [1.807, 2.05) is 0 Å². The average molecular weight is 322 g/mol. The van der Waals surface area contributed by atoms with Gasteiger partial charge in [-0.2, -0.15) is 0 Å². The van der Waals surface area contributed by atoms with E-state index in [0.717, 1.165) is 18.2 Å². The summed E-state index contributed by atoms with van der Waals surface area (Å²) in [6.07, 6.45) is 0. The molecule has 0 saturated carbocycles. The first kappa shape index (κ1) is 16.5. The molecule has 0 saturated heterocycles. The Hall–Kier alpha value is -2.83. The first-order valence-corrected chi connectivity index (χ1v) is 6.66. The zero-order chi connectivity index (χ0) is 17.0. The van der Waals surface area contributed by atoms with Crippen LogP contribution >= 0.6 is 0 Å². The Morgan fingerprint density at radius 1 is 0.957 bits per heavy atom. The number of nitrogens with one attached hydrogen (secondary N) is 2. The van der Waals surface area contributed by atoms with Gasteiger partial charge in [-0.15, -0.1) is 0 Å². The molecule has 2 aromatic carbocycles. The molecule has 7 heteroatoms. The Labute approximate surface area is 130 Å². The van der Waals surface area contributed by atoms with Crippen LogP contribution in [0, 0.1) is 17.5 Å². The molecule has 0 aliphatic carbocycles. The van der Waals surface area contributed by atoms with Gasteiger partial charge in [0.05, 0.1) is 5.56 Å². The first-order valence-electron chi connectivity index (χ1n) is 6.66. The van der Waals surface area contributed by atoms with Gasteiger partial charge in [-0.25, -0.2) is 13.2 Å². The highest BCUT2D eigenvalue weighted by Gasteiger charge is 2.24. The van der Waals surface area contributed by atoms with Crippen LogP contribution in [0.5, 0.6) is 0 Å². The summed E-state index contributed by atoms with van der Waals surface area (Å²) in [5.41, 5.74) is -0.225. The lowest BCUT2D eigenvalue weighted by atomic mass is 10.0. The van der Waals surface area contributed by atoms with Crippen LogP contribution in [0.2, 0.25) is 0 Å². The molecule has 120 valence electrons.